The van der Waals surface area contributed by atoms with Crippen LogP contribution in [0.2, 0.25) is 0 Å². The second kappa shape index (κ2) is 7.46. The van der Waals surface area contributed by atoms with Crippen LogP contribution in [0.3, 0.4) is 0 Å². The molecule has 1 aromatic carbocycles. The van der Waals surface area contributed by atoms with Crippen molar-refractivity contribution in [2.75, 3.05) is 25.6 Å². The summed E-state index contributed by atoms with van der Waals surface area (Å²) in [7, 11) is 1.76. The van der Waals surface area contributed by atoms with Gasteiger partial charge in [-0.2, -0.15) is 0 Å². The SMILES string of the molecule is COC1CCCC(OCCNc2cccc(F)c2)C1. The molecule has 1 saturated carbocycles. The molecule has 0 aliphatic heterocycles. The Morgan fingerprint density at radius 2 is 2.16 bits per heavy atom. The average Bonchev–Trinajstić information content (AvgIpc) is 2.44. The van der Waals surface area contributed by atoms with Crippen molar-refractivity contribution in [3.05, 3.63) is 30.1 Å². The third kappa shape index (κ3) is 4.80. The van der Waals surface area contributed by atoms with Gasteiger partial charge in [0.15, 0.2) is 0 Å². The first-order chi connectivity index (χ1) is 9.28. The van der Waals surface area contributed by atoms with E-state index in [2.05, 4.69) is 5.32 Å². The van der Waals surface area contributed by atoms with Gasteiger partial charge < -0.3 is 14.8 Å². The summed E-state index contributed by atoms with van der Waals surface area (Å²) in [5.74, 6) is -0.221. The lowest BCUT2D eigenvalue weighted by molar-refractivity contribution is -0.0261. The van der Waals surface area contributed by atoms with Gasteiger partial charge in [0.25, 0.3) is 0 Å². The summed E-state index contributed by atoms with van der Waals surface area (Å²) in [5, 5.41) is 3.15. The minimum Gasteiger partial charge on any atom is -0.383 e. The monoisotopic (exact) mass is 267 g/mol. The van der Waals surface area contributed by atoms with Crippen molar-refractivity contribution in [3.8, 4) is 0 Å². The van der Waals surface area contributed by atoms with Crippen LogP contribution in [0.5, 0.6) is 0 Å². The van der Waals surface area contributed by atoms with Crippen molar-refractivity contribution < 1.29 is 13.9 Å². The summed E-state index contributed by atoms with van der Waals surface area (Å²) in [4.78, 5) is 0. The van der Waals surface area contributed by atoms with Crippen LogP contribution < -0.4 is 5.32 Å². The van der Waals surface area contributed by atoms with Gasteiger partial charge in [-0.3, -0.25) is 0 Å². The maximum atomic E-state index is 13.0. The van der Waals surface area contributed by atoms with Crippen molar-refractivity contribution in [1.82, 2.24) is 0 Å². The predicted molar refractivity (Wildman–Crippen MR) is 73.9 cm³/mol. The lowest BCUT2D eigenvalue weighted by Gasteiger charge is -2.28. The van der Waals surface area contributed by atoms with Crippen molar-refractivity contribution >= 4 is 5.69 Å². The summed E-state index contributed by atoms with van der Waals surface area (Å²) in [6.45, 7) is 1.33. The first-order valence-electron chi connectivity index (χ1n) is 6.92. The molecule has 1 fully saturated rings. The Bertz CT molecular complexity index is 386. The Balaban J connectivity index is 1.64. The quantitative estimate of drug-likeness (QED) is 0.803. The molecule has 1 aliphatic carbocycles. The first kappa shape index (κ1) is 14.3. The highest BCUT2D eigenvalue weighted by Crippen LogP contribution is 2.22. The van der Waals surface area contributed by atoms with Gasteiger partial charge in [-0.05, 0) is 43.9 Å². The zero-order valence-corrected chi connectivity index (χ0v) is 11.4. The molecular weight excluding hydrogens is 245 g/mol. The van der Waals surface area contributed by atoms with Crippen molar-refractivity contribution in [3.63, 3.8) is 0 Å². The largest absolute Gasteiger partial charge is 0.383 e. The van der Waals surface area contributed by atoms with Gasteiger partial charge in [0.1, 0.15) is 5.82 Å². The summed E-state index contributed by atoms with van der Waals surface area (Å²) in [5.41, 5.74) is 0.794. The molecular formula is C15H22FNO2. The molecule has 2 atom stereocenters. The molecule has 1 N–H and O–H groups in total. The highest BCUT2D eigenvalue weighted by Gasteiger charge is 2.21. The highest BCUT2D eigenvalue weighted by molar-refractivity contribution is 5.42. The van der Waals surface area contributed by atoms with Crippen LogP contribution in [0, 0.1) is 5.82 Å². The minimum atomic E-state index is -0.221. The molecule has 0 aromatic heterocycles. The van der Waals surface area contributed by atoms with E-state index in [1.165, 1.54) is 18.6 Å². The lowest BCUT2D eigenvalue weighted by atomic mass is 9.95. The van der Waals surface area contributed by atoms with Crippen LogP contribution in [0.15, 0.2) is 24.3 Å². The summed E-state index contributed by atoms with van der Waals surface area (Å²) >= 11 is 0. The summed E-state index contributed by atoms with van der Waals surface area (Å²) < 4.78 is 24.2. The number of nitrogens with one attached hydrogen (secondary N) is 1. The Kier molecular flexibility index (Phi) is 5.61. The van der Waals surface area contributed by atoms with E-state index in [0.717, 1.165) is 24.9 Å². The molecule has 0 bridgehead atoms. The molecule has 4 heteroatoms. The van der Waals surface area contributed by atoms with E-state index in [1.54, 1.807) is 13.2 Å². The standard InChI is InChI=1S/C15H22FNO2/c1-18-14-6-3-7-15(11-14)19-9-8-17-13-5-2-4-12(16)10-13/h2,4-5,10,14-15,17H,3,6-9,11H2,1H3. The van der Waals surface area contributed by atoms with Crippen LogP contribution in [0.4, 0.5) is 10.1 Å². The normalized spacial score (nSPS) is 23.3. The van der Waals surface area contributed by atoms with Gasteiger partial charge in [-0.25, -0.2) is 4.39 Å². The lowest BCUT2D eigenvalue weighted by Crippen LogP contribution is -2.28. The van der Waals surface area contributed by atoms with Crippen LogP contribution >= 0.6 is 0 Å². The first-order valence-corrected chi connectivity index (χ1v) is 6.92. The number of halogens is 1. The third-order valence-electron chi connectivity index (χ3n) is 3.52. The molecule has 0 saturated heterocycles. The number of methoxy groups -OCH3 is 1. The maximum absolute atomic E-state index is 13.0. The molecule has 0 radical (unpaired) electrons. The van der Waals surface area contributed by atoms with Gasteiger partial charge in [-0.1, -0.05) is 6.07 Å². The highest BCUT2D eigenvalue weighted by atomic mass is 19.1. The molecule has 106 valence electrons. The second-order valence-electron chi connectivity index (χ2n) is 4.95. The van der Waals surface area contributed by atoms with Gasteiger partial charge in [0.2, 0.25) is 0 Å². The third-order valence-corrected chi connectivity index (χ3v) is 3.52. The van der Waals surface area contributed by atoms with Gasteiger partial charge in [0, 0.05) is 19.3 Å². The molecule has 2 rings (SSSR count). The fraction of sp³-hybridized carbons (Fsp3) is 0.600. The van der Waals surface area contributed by atoms with Gasteiger partial charge >= 0.3 is 0 Å². The van der Waals surface area contributed by atoms with E-state index >= 15 is 0 Å². The Labute approximate surface area is 114 Å². The van der Waals surface area contributed by atoms with Crippen LogP contribution in [-0.2, 0) is 9.47 Å². The fourth-order valence-corrected chi connectivity index (χ4v) is 2.49. The van der Waals surface area contributed by atoms with E-state index < -0.39 is 0 Å². The molecule has 0 amide bonds. The molecule has 0 heterocycles. The average molecular weight is 267 g/mol. The molecule has 1 aromatic rings. The molecule has 1 aliphatic rings. The maximum Gasteiger partial charge on any atom is 0.125 e. The Morgan fingerprint density at radius 1 is 1.32 bits per heavy atom. The number of hydrogen-bond acceptors (Lipinski definition) is 3. The zero-order chi connectivity index (χ0) is 13.5. The van der Waals surface area contributed by atoms with Crippen LogP contribution in [-0.4, -0.2) is 32.5 Å². The van der Waals surface area contributed by atoms with Crippen molar-refractivity contribution in [2.45, 2.75) is 37.9 Å². The number of benzene rings is 1. The molecule has 2 unspecified atom stereocenters. The smallest absolute Gasteiger partial charge is 0.125 e. The number of ether oxygens (including phenoxy) is 2. The summed E-state index contributed by atoms with van der Waals surface area (Å²) in [6, 6.07) is 6.48. The van der Waals surface area contributed by atoms with E-state index in [0.29, 0.717) is 25.4 Å². The van der Waals surface area contributed by atoms with Gasteiger partial charge in [-0.15, -0.1) is 0 Å². The van der Waals surface area contributed by atoms with E-state index in [1.807, 2.05) is 6.07 Å². The zero-order valence-electron chi connectivity index (χ0n) is 11.4. The Hall–Kier alpha value is -1.13. The van der Waals surface area contributed by atoms with Crippen LogP contribution in [0.1, 0.15) is 25.7 Å². The topological polar surface area (TPSA) is 30.5 Å². The van der Waals surface area contributed by atoms with Crippen LogP contribution in [0.25, 0.3) is 0 Å². The number of rotatable bonds is 6. The van der Waals surface area contributed by atoms with E-state index in [9.17, 15) is 4.39 Å². The van der Waals surface area contributed by atoms with E-state index in [4.69, 9.17) is 9.47 Å². The van der Waals surface area contributed by atoms with Gasteiger partial charge in [0.05, 0.1) is 18.8 Å². The fourth-order valence-electron chi connectivity index (χ4n) is 2.49. The predicted octanol–water partition coefficient (Wildman–Crippen LogP) is 3.21. The Morgan fingerprint density at radius 3 is 2.95 bits per heavy atom. The second-order valence-corrected chi connectivity index (χ2v) is 4.95. The van der Waals surface area contributed by atoms with Crippen molar-refractivity contribution in [1.29, 1.82) is 0 Å². The number of anilines is 1. The van der Waals surface area contributed by atoms with E-state index in [-0.39, 0.29) is 5.82 Å². The summed E-state index contributed by atoms with van der Waals surface area (Å²) in [6.07, 6.45) is 5.04. The van der Waals surface area contributed by atoms with Crippen molar-refractivity contribution in [2.24, 2.45) is 0 Å². The minimum absolute atomic E-state index is 0.221. The molecule has 3 nitrogen and oxygen atoms in total. The number of hydrogen-bond donors (Lipinski definition) is 1. The molecule has 0 spiro atoms. The molecule has 19 heavy (non-hydrogen) atoms.